The summed E-state index contributed by atoms with van der Waals surface area (Å²) in [4.78, 5) is 2.14. The summed E-state index contributed by atoms with van der Waals surface area (Å²) in [7, 11) is 0. The van der Waals surface area contributed by atoms with Crippen LogP contribution in [0.2, 0.25) is 10.0 Å². The molecule has 2 aromatic carbocycles. The molecule has 0 fully saturated rings. The lowest BCUT2D eigenvalue weighted by atomic mass is 10.1. The van der Waals surface area contributed by atoms with E-state index in [1.54, 1.807) is 24.5 Å². The summed E-state index contributed by atoms with van der Waals surface area (Å²) in [6.07, 6.45) is 1.98. The highest BCUT2D eigenvalue weighted by molar-refractivity contribution is 6.35. The van der Waals surface area contributed by atoms with Crippen LogP contribution >= 0.6 is 23.2 Å². The Bertz CT molecular complexity index is 882. The maximum atomic E-state index is 10.5. The number of aliphatic hydroxyl groups is 1. The first-order valence-electron chi connectivity index (χ1n) is 9.62. The topological polar surface area (TPSA) is 45.8 Å². The first-order chi connectivity index (χ1) is 14.0. The average Bonchev–Trinajstić information content (AvgIpc) is 3.21. The average molecular weight is 434 g/mol. The number of aryl methyl sites for hydroxylation is 1. The van der Waals surface area contributed by atoms with E-state index in [-0.39, 0.29) is 6.61 Å². The standard InChI is InChI=1S/C23H25Cl2NO3/c1-2-17-5-7-18(8-6-17)13-26(15-21-4-3-11-28-21)14-20(27)16-29-23-10-9-19(24)12-22(23)25/h3-12,20,27H,2,13-16H2,1H3. The number of rotatable bonds is 10. The molecule has 0 aliphatic rings. The lowest BCUT2D eigenvalue weighted by Gasteiger charge is -2.24. The van der Waals surface area contributed by atoms with Crippen molar-refractivity contribution < 1.29 is 14.3 Å². The zero-order valence-electron chi connectivity index (χ0n) is 16.4. The van der Waals surface area contributed by atoms with Crippen molar-refractivity contribution in [1.29, 1.82) is 0 Å². The Labute approximate surface area is 181 Å². The molecule has 154 valence electrons. The van der Waals surface area contributed by atoms with Gasteiger partial charge in [-0.2, -0.15) is 0 Å². The second kappa shape index (κ2) is 10.7. The fraction of sp³-hybridized carbons (Fsp3) is 0.304. The van der Waals surface area contributed by atoms with E-state index in [2.05, 4.69) is 36.1 Å². The maximum absolute atomic E-state index is 10.5. The Morgan fingerprint density at radius 2 is 1.79 bits per heavy atom. The molecule has 3 aromatic rings. The Morgan fingerprint density at radius 3 is 2.45 bits per heavy atom. The van der Waals surface area contributed by atoms with E-state index in [9.17, 15) is 5.11 Å². The zero-order valence-corrected chi connectivity index (χ0v) is 17.9. The summed E-state index contributed by atoms with van der Waals surface area (Å²) < 4.78 is 11.2. The van der Waals surface area contributed by atoms with Gasteiger partial charge in [-0.05, 0) is 47.9 Å². The third kappa shape index (κ3) is 6.79. The maximum Gasteiger partial charge on any atom is 0.138 e. The van der Waals surface area contributed by atoms with Gasteiger partial charge in [-0.25, -0.2) is 0 Å². The SMILES string of the molecule is CCc1ccc(CN(Cc2ccco2)CC(O)COc2ccc(Cl)cc2Cl)cc1. The second-order valence-corrected chi connectivity index (χ2v) is 7.80. The number of ether oxygens (including phenoxy) is 1. The summed E-state index contributed by atoms with van der Waals surface area (Å²) in [5, 5.41) is 11.5. The Hall–Kier alpha value is -1.98. The summed E-state index contributed by atoms with van der Waals surface area (Å²) in [6.45, 7) is 4.00. The van der Waals surface area contributed by atoms with Gasteiger partial charge in [0.25, 0.3) is 0 Å². The predicted octanol–water partition coefficient (Wildman–Crippen LogP) is 5.59. The second-order valence-electron chi connectivity index (χ2n) is 6.96. The minimum atomic E-state index is -0.688. The smallest absolute Gasteiger partial charge is 0.138 e. The van der Waals surface area contributed by atoms with Gasteiger partial charge in [0.1, 0.15) is 24.2 Å². The predicted molar refractivity (Wildman–Crippen MR) is 117 cm³/mol. The van der Waals surface area contributed by atoms with Crippen LogP contribution in [0.25, 0.3) is 0 Å². The van der Waals surface area contributed by atoms with Gasteiger partial charge >= 0.3 is 0 Å². The highest BCUT2D eigenvalue weighted by Gasteiger charge is 2.16. The number of benzene rings is 2. The quantitative estimate of drug-likeness (QED) is 0.452. The van der Waals surface area contributed by atoms with Crippen molar-refractivity contribution in [3.8, 4) is 5.75 Å². The monoisotopic (exact) mass is 433 g/mol. The molecule has 0 saturated heterocycles. The van der Waals surface area contributed by atoms with Gasteiger partial charge < -0.3 is 14.3 Å². The van der Waals surface area contributed by atoms with Gasteiger partial charge in [0.2, 0.25) is 0 Å². The molecule has 1 aromatic heterocycles. The number of hydrogen-bond acceptors (Lipinski definition) is 4. The summed E-state index contributed by atoms with van der Waals surface area (Å²) in [5.41, 5.74) is 2.49. The molecule has 3 rings (SSSR count). The molecule has 4 nitrogen and oxygen atoms in total. The molecule has 1 unspecified atom stereocenters. The molecule has 1 N–H and O–H groups in total. The van der Waals surface area contributed by atoms with Crippen LogP contribution in [-0.2, 0) is 19.5 Å². The number of furan rings is 1. The molecule has 0 radical (unpaired) electrons. The number of halogens is 2. The summed E-state index contributed by atoms with van der Waals surface area (Å²) >= 11 is 12.0. The molecular weight excluding hydrogens is 409 g/mol. The van der Waals surface area contributed by atoms with E-state index in [0.29, 0.717) is 35.4 Å². The van der Waals surface area contributed by atoms with Gasteiger partial charge in [0, 0.05) is 18.1 Å². The van der Waals surface area contributed by atoms with Crippen molar-refractivity contribution in [3.63, 3.8) is 0 Å². The van der Waals surface area contributed by atoms with Gasteiger partial charge in [-0.1, -0.05) is 54.4 Å². The molecule has 1 heterocycles. The highest BCUT2D eigenvalue weighted by Crippen LogP contribution is 2.27. The normalized spacial score (nSPS) is 12.3. The third-order valence-electron chi connectivity index (χ3n) is 4.59. The molecule has 0 aliphatic carbocycles. The van der Waals surface area contributed by atoms with E-state index in [1.807, 2.05) is 12.1 Å². The van der Waals surface area contributed by atoms with Gasteiger partial charge in [-0.15, -0.1) is 0 Å². The van der Waals surface area contributed by atoms with Crippen LogP contribution in [-0.4, -0.2) is 29.3 Å². The van der Waals surface area contributed by atoms with Crippen LogP contribution in [0, 0.1) is 0 Å². The number of nitrogens with zero attached hydrogens (tertiary/aromatic N) is 1. The molecule has 0 saturated carbocycles. The fourth-order valence-electron chi connectivity index (χ4n) is 3.08. The zero-order chi connectivity index (χ0) is 20.6. The molecule has 0 bridgehead atoms. The van der Waals surface area contributed by atoms with Gasteiger partial charge in [0.15, 0.2) is 0 Å². The van der Waals surface area contributed by atoms with Crippen LogP contribution < -0.4 is 4.74 Å². The first-order valence-corrected chi connectivity index (χ1v) is 10.4. The molecule has 0 aliphatic heterocycles. The number of aliphatic hydroxyl groups excluding tert-OH is 1. The van der Waals surface area contributed by atoms with E-state index in [1.165, 1.54) is 11.1 Å². The van der Waals surface area contributed by atoms with Crippen LogP contribution in [0.5, 0.6) is 5.75 Å². The Balaban J connectivity index is 1.61. The molecule has 0 amide bonds. The first kappa shape index (κ1) is 21.7. The van der Waals surface area contributed by atoms with Crippen molar-refractivity contribution in [2.45, 2.75) is 32.5 Å². The fourth-order valence-corrected chi connectivity index (χ4v) is 3.54. The van der Waals surface area contributed by atoms with Crippen molar-refractivity contribution in [2.75, 3.05) is 13.2 Å². The van der Waals surface area contributed by atoms with E-state index < -0.39 is 6.10 Å². The van der Waals surface area contributed by atoms with Crippen LogP contribution in [0.4, 0.5) is 0 Å². The Morgan fingerprint density at radius 1 is 1.03 bits per heavy atom. The van der Waals surface area contributed by atoms with Gasteiger partial charge in [0.05, 0.1) is 17.8 Å². The lowest BCUT2D eigenvalue weighted by Crippen LogP contribution is -2.35. The third-order valence-corrected chi connectivity index (χ3v) is 5.12. The summed E-state index contributed by atoms with van der Waals surface area (Å²) in [6, 6.07) is 17.4. The van der Waals surface area contributed by atoms with Crippen molar-refractivity contribution >= 4 is 23.2 Å². The van der Waals surface area contributed by atoms with Crippen molar-refractivity contribution in [1.82, 2.24) is 4.90 Å². The Kier molecular flexibility index (Phi) is 8.01. The molecule has 0 spiro atoms. The van der Waals surface area contributed by atoms with Crippen LogP contribution in [0.3, 0.4) is 0 Å². The largest absolute Gasteiger partial charge is 0.489 e. The van der Waals surface area contributed by atoms with E-state index in [0.717, 1.165) is 12.2 Å². The highest BCUT2D eigenvalue weighted by atomic mass is 35.5. The van der Waals surface area contributed by atoms with Crippen LogP contribution in [0.15, 0.2) is 65.3 Å². The van der Waals surface area contributed by atoms with Gasteiger partial charge in [-0.3, -0.25) is 4.90 Å². The van der Waals surface area contributed by atoms with E-state index in [4.69, 9.17) is 32.4 Å². The molecule has 29 heavy (non-hydrogen) atoms. The minimum absolute atomic E-state index is 0.130. The van der Waals surface area contributed by atoms with E-state index >= 15 is 0 Å². The molecular formula is C23H25Cl2NO3. The molecule has 6 heteroatoms. The lowest BCUT2D eigenvalue weighted by molar-refractivity contribution is 0.0605. The van der Waals surface area contributed by atoms with Crippen LogP contribution in [0.1, 0.15) is 23.8 Å². The van der Waals surface area contributed by atoms with Crippen molar-refractivity contribution in [3.05, 3.63) is 87.8 Å². The molecule has 1 atom stereocenters. The summed E-state index contributed by atoms with van der Waals surface area (Å²) in [5.74, 6) is 1.35. The number of hydrogen-bond donors (Lipinski definition) is 1. The minimum Gasteiger partial charge on any atom is -0.489 e. The van der Waals surface area contributed by atoms with Crippen molar-refractivity contribution in [2.24, 2.45) is 0 Å².